The number of carboxylic acids is 1. The molecule has 0 aliphatic rings. The molecule has 0 saturated carbocycles. The van der Waals surface area contributed by atoms with E-state index in [9.17, 15) is 9.59 Å². The summed E-state index contributed by atoms with van der Waals surface area (Å²) in [4.78, 5) is 27.9. The van der Waals surface area contributed by atoms with E-state index in [1.807, 2.05) is 60.7 Å². The van der Waals surface area contributed by atoms with Crippen LogP contribution in [0.1, 0.15) is 34.1 Å². The average Bonchev–Trinajstić information content (AvgIpc) is 3.36. The Balaban J connectivity index is 1.34. The van der Waals surface area contributed by atoms with Gasteiger partial charge < -0.3 is 9.84 Å². The van der Waals surface area contributed by atoms with Crippen LogP contribution in [0.5, 0.6) is 0 Å². The first-order chi connectivity index (χ1) is 17.0. The van der Waals surface area contributed by atoms with Gasteiger partial charge in [-0.25, -0.2) is 4.79 Å². The molecule has 0 spiro atoms. The van der Waals surface area contributed by atoms with Crippen LogP contribution in [0.4, 0.5) is 0 Å². The molecule has 0 fully saturated rings. The van der Waals surface area contributed by atoms with Gasteiger partial charge in [-0.2, -0.15) is 5.10 Å². The zero-order valence-corrected chi connectivity index (χ0v) is 19.2. The van der Waals surface area contributed by atoms with Crippen LogP contribution < -0.4 is 0 Å². The first-order valence-corrected chi connectivity index (χ1v) is 11.2. The fourth-order valence-electron chi connectivity index (χ4n) is 3.42. The highest BCUT2D eigenvalue weighted by Crippen LogP contribution is 2.18. The number of carbonyl (C=O) groups is 2. The summed E-state index contributed by atoms with van der Waals surface area (Å²) in [5, 5.41) is 13.3. The highest BCUT2D eigenvalue weighted by molar-refractivity contribution is 6.07. The number of aromatic nitrogens is 3. The third-order valence-corrected chi connectivity index (χ3v) is 5.41. The number of pyridine rings is 1. The number of hydrogen-bond acceptors (Lipinski definition) is 5. The minimum atomic E-state index is -0.982. The third-order valence-electron chi connectivity index (χ3n) is 5.41. The summed E-state index contributed by atoms with van der Waals surface area (Å²) in [5.41, 5.74) is 4.80. The number of hydrogen-bond donors (Lipinski definition) is 1. The zero-order chi connectivity index (χ0) is 24.6. The second-order valence-electron chi connectivity index (χ2n) is 7.98. The molecule has 0 radical (unpaired) electrons. The summed E-state index contributed by atoms with van der Waals surface area (Å²) in [7, 11) is 0. The van der Waals surface area contributed by atoms with Gasteiger partial charge in [0.25, 0.3) is 0 Å². The standard InChI is InChI=1S/C28H25N3O4/c1-20(28(33)34)35-18-4-5-21-7-9-22(10-8-21)19-31-17-15-26(30-31)27(32)24-13-11-23(12-14-24)25-6-2-3-16-29-25/h2-17,20H,18-19H2,1H3,(H,33,34)/b5-4+/t20-/m1/s1. The first kappa shape index (κ1) is 23.8. The van der Waals surface area contributed by atoms with Crippen molar-refractivity contribution in [1.29, 1.82) is 0 Å². The molecule has 0 aliphatic carbocycles. The first-order valence-electron chi connectivity index (χ1n) is 11.2. The molecule has 2 aromatic heterocycles. The maximum absolute atomic E-state index is 12.9. The van der Waals surface area contributed by atoms with Crippen molar-refractivity contribution in [2.75, 3.05) is 6.61 Å². The minimum absolute atomic E-state index is 0.128. The second kappa shape index (κ2) is 11.2. The molecular formula is C28H25N3O4. The Morgan fingerprint density at radius 3 is 2.49 bits per heavy atom. The van der Waals surface area contributed by atoms with Crippen LogP contribution in [0.3, 0.4) is 0 Å². The van der Waals surface area contributed by atoms with Gasteiger partial charge in [-0.05, 0) is 36.2 Å². The Morgan fingerprint density at radius 1 is 1.03 bits per heavy atom. The number of ether oxygens (including phenoxy) is 1. The summed E-state index contributed by atoms with van der Waals surface area (Å²) in [6, 6.07) is 22.7. The Kier molecular flexibility index (Phi) is 7.60. The van der Waals surface area contributed by atoms with E-state index in [0.29, 0.717) is 17.8 Å². The lowest BCUT2D eigenvalue weighted by Gasteiger charge is -2.05. The molecular weight excluding hydrogens is 442 g/mol. The van der Waals surface area contributed by atoms with Crippen LogP contribution >= 0.6 is 0 Å². The van der Waals surface area contributed by atoms with Crippen molar-refractivity contribution in [3.05, 3.63) is 114 Å². The Bertz CT molecular complexity index is 1310. The molecule has 7 heteroatoms. The number of ketones is 1. The number of aliphatic carboxylic acids is 1. The van der Waals surface area contributed by atoms with Crippen molar-refractivity contribution in [2.45, 2.75) is 19.6 Å². The predicted molar refractivity (Wildman–Crippen MR) is 133 cm³/mol. The van der Waals surface area contributed by atoms with E-state index in [-0.39, 0.29) is 12.4 Å². The molecule has 35 heavy (non-hydrogen) atoms. The Morgan fingerprint density at radius 2 is 1.80 bits per heavy atom. The summed E-state index contributed by atoms with van der Waals surface area (Å²) in [6.07, 6.45) is 6.36. The Labute approximate surface area is 203 Å². The van der Waals surface area contributed by atoms with Gasteiger partial charge in [-0.1, -0.05) is 66.7 Å². The molecule has 0 bridgehead atoms. The number of benzene rings is 2. The van der Waals surface area contributed by atoms with Gasteiger partial charge in [-0.3, -0.25) is 14.5 Å². The van der Waals surface area contributed by atoms with Crippen LogP contribution in [-0.4, -0.2) is 44.3 Å². The van der Waals surface area contributed by atoms with Gasteiger partial charge in [0.15, 0.2) is 6.10 Å². The predicted octanol–water partition coefficient (Wildman–Crippen LogP) is 4.73. The van der Waals surface area contributed by atoms with E-state index in [2.05, 4.69) is 10.1 Å². The fourth-order valence-corrected chi connectivity index (χ4v) is 3.42. The van der Waals surface area contributed by atoms with Crippen molar-refractivity contribution < 1.29 is 19.4 Å². The SMILES string of the molecule is C[C@@H](OC/C=C/c1ccc(Cn2ccc(C(=O)c3ccc(-c4ccccn4)cc3)n2)cc1)C(=O)O. The molecule has 1 N–H and O–H groups in total. The quantitative estimate of drug-likeness (QED) is 0.339. The second-order valence-corrected chi connectivity index (χ2v) is 7.98. The van der Waals surface area contributed by atoms with E-state index in [1.54, 1.807) is 41.4 Å². The third kappa shape index (κ3) is 6.37. The normalized spacial score (nSPS) is 12.0. The van der Waals surface area contributed by atoms with Gasteiger partial charge in [0.2, 0.25) is 5.78 Å². The maximum atomic E-state index is 12.9. The van der Waals surface area contributed by atoms with Crippen LogP contribution in [0.25, 0.3) is 17.3 Å². The summed E-state index contributed by atoms with van der Waals surface area (Å²) >= 11 is 0. The average molecular weight is 468 g/mol. The number of carbonyl (C=O) groups excluding carboxylic acids is 1. The summed E-state index contributed by atoms with van der Waals surface area (Å²) in [5.74, 6) is -1.11. The lowest BCUT2D eigenvalue weighted by atomic mass is 10.0. The van der Waals surface area contributed by atoms with Gasteiger partial charge in [0.05, 0.1) is 18.8 Å². The van der Waals surface area contributed by atoms with Gasteiger partial charge >= 0.3 is 5.97 Å². The summed E-state index contributed by atoms with van der Waals surface area (Å²) < 4.78 is 6.92. The van der Waals surface area contributed by atoms with E-state index >= 15 is 0 Å². The lowest BCUT2D eigenvalue weighted by molar-refractivity contribution is -0.148. The highest BCUT2D eigenvalue weighted by Gasteiger charge is 2.13. The number of rotatable bonds is 10. The van der Waals surface area contributed by atoms with Gasteiger partial charge in [0, 0.05) is 23.5 Å². The maximum Gasteiger partial charge on any atom is 0.332 e. The molecule has 0 aliphatic heterocycles. The van der Waals surface area contributed by atoms with Gasteiger partial charge in [-0.15, -0.1) is 0 Å². The highest BCUT2D eigenvalue weighted by atomic mass is 16.5. The van der Waals surface area contributed by atoms with Crippen molar-refractivity contribution in [3.8, 4) is 11.3 Å². The van der Waals surface area contributed by atoms with Crippen molar-refractivity contribution in [2.24, 2.45) is 0 Å². The van der Waals surface area contributed by atoms with E-state index in [0.717, 1.165) is 22.4 Å². The molecule has 2 heterocycles. The van der Waals surface area contributed by atoms with E-state index in [4.69, 9.17) is 9.84 Å². The zero-order valence-electron chi connectivity index (χ0n) is 19.2. The van der Waals surface area contributed by atoms with Crippen LogP contribution in [0, 0.1) is 0 Å². The van der Waals surface area contributed by atoms with Crippen molar-refractivity contribution >= 4 is 17.8 Å². The monoisotopic (exact) mass is 467 g/mol. The van der Waals surface area contributed by atoms with Crippen LogP contribution in [0.15, 0.2) is 91.3 Å². The Hall–Kier alpha value is -4.36. The van der Waals surface area contributed by atoms with Crippen molar-refractivity contribution in [1.82, 2.24) is 14.8 Å². The minimum Gasteiger partial charge on any atom is -0.479 e. The molecule has 4 rings (SSSR count). The largest absolute Gasteiger partial charge is 0.479 e. The van der Waals surface area contributed by atoms with Gasteiger partial charge in [0.1, 0.15) is 5.69 Å². The number of carboxylic acid groups (broad SMARTS) is 1. The lowest BCUT2D eigenvalue weighted by Crippen LogP contribution is -2.19. The molecule has 1 atom stereocenters. The molecule has 4 aromatic rings. The van der Waals surface area contributed by atoms with Crippen molar-refractivity contribution in [3.63, 3.8) is 0 Å². The smallest absolute Gasteiger partial charge is 0.332 e. The molecule has 7 nitrogen and oxygen atoms in total. The topological polar surface area (TPSA) is 94.3 Å². The molecule has 0 unspecified atom stereocenters. The fraction of sp³-hybridized carbons (Fsp3) is 0.143. The molecule has 176 valence electrons. The molecule has 2 aromatic carbocycles. The van der Waals surface area contributed by atoms with Crippen LogP contribution in [0.2, 0.25) is 0 Å². The molecule has 0 amide bonds. The van der Waals surface area contributed by atoms with E-state index < -0.39 is 12.1 Å². The van der Waals surface area contributed by atoms with E-state index in [1.165, 1.54) is 6.92 Å². The molecule has 0 saturated heterocycles. The summed E-state index contributed by atoms with van der Waals surface area (Å²) in [6.45, 7) is 2.26. The van der Waals surface area contributed by atoms with Crippen LogP contribution in [-0.2, 0) is 16.1 Å². The number of nitrogens with zero attached hydrogens (tertiary/aromatic N) is 3.